The summed E-state index contributed by atoms with van der Waals surface area (Å²) in [5.74, 6) is 1.53. The van der Waals surface area contributed by atoms with Crippen LogP contribution < -0.4 is 0 Å². The SMILES string of the molecule is C=C(C)C1CC=C(C)CC1.C=C(C)C1CC=C(C)CC1.SS. The fourth-order valence-electron chi connectivity index (χ4n) is 2.83. The zero-order valence-electron chi connectivity index (χ0n) is 14.9. The number of hydrogen-bond donors (Lipinski definition) is 2. The second-order valence-corrected chi connectivity index (χ2v) is 6.74. The van der Waals surface area contributed by atoms with E-state index in [9.17, 15) is 0 Å². The summed E-state index contributed by atoms with van der Waals surface area (Å²) in [6.07, 6.45) is 12.3. The molecule has 2 aliphatic rings. The minimum absolute atomic E-state index is 0.767. The van der Waals surface area contributed by atoms with E-state index in [0.29, 0.717) is 0 Å². The van der Waals surface area contributed by atoms with Crippen LogP contribution in [0.5, 0.6) is 0 Å². The van der Waals surface area contributed by atoms with Crippen LogP contribution in [0.15, 0.2) is 47.6 Å². The highest BCUT2D eigenvalue weighted by Gasteiger charge is 2.12. The average Bonchev–Trinajstić information content (AvgIpc) is 2.51. The lowest BCUT2D eigenvalue weighted by molar-refractivity contribution is 0.540. The Labute approximate surface area is 149 Å². The van der Waals surface area contributed by atoms with E-state index in [1.165, 1.54) is 49.7 Å². The van der Waals surface area contributed by atoms with Gasteiger partial charge in [0, 0.05) is 0 Å². The molecule has 0 bridgehead atoms. The predicted molar refractivity (Wildman–Crippen MR) is 110 cm³/mol. The van der Waals surface area contributed by atoms with Crippen LogP contribution >= 0.6 is 23.3 Å². The van der Waals surface area contributed by atoms with Crippen LogP contribution in [0.3, 0.4) is 0 Å². The Morgan fingerprint density at radius 1 is 0.864 bits per heavy atom. The van der Waals surface area contributed by atoms with Crippen molar-refractivity contribution in [1.82, 2.24) is 0 Å². The Morgan fingerprint density at radius 3 is 1.36 bits per heavy atom. The predicted octanol–water partition coefficient (Wildman–Crippen LogP) is 7.38. The Bertz CT molecular complexity index is 375. The van der Waals surface area contributed by atoms with Gasteiger partial charge in [0.15, 0.2) is 0 Å². The summed E-state index contributed by atoms with van der Waals surface area (Å²) in [5.41, 5.74) is 5.81. The smallest absolute Gasteiger partial charge is 0.0171 e. The number of rotatable bonds is 2. The summed E-state index contributed by atoms with van der Waals surface area (Å²) < 4.78 is 0. The van der Waals surface area contributed by atoms with Gasteiger partial charge in [-0.25, -0.2) is 0 Å². The van der Waals surface area contributed by atoms with Gasteiger partial charge in [-0.1, -0.05) is 47.6 Å². The molecule has 0 aliphatic heterocycles. The highest BCUT2D eigenvalue weighted by Crippen LogP contribution is 2.28. The lowest BCUT2D eigenvalue weighted by atomic mass is 9.86. The number of allylic oxidation sites excluding steroid dienone is 6. The van der Waals surface area contributed by atoms with Crippen LogP contribution in [0.4, 0.5) is 0 Å². The summed E-state index contributed by atoms with van der Waals surface area (Å²) in [4.78, 5) is 0. The molecular weight excluding hydrogens is 304 g/mol. The zero-order valence-corrected chi connectivity index (χ0v) is 16.6. The van der Waals surface area contributed by atoms with Crippen LogP contribution in [-0.2, 0) is 0 Å². The van der Waals surface area contributed by atoms with Crippen molar-refractivity contribution in [1.29, 1.82) is 0 Å². The van der Waals surface area contributed by atoms with Crippen LogP contribution in [0.2, 0.25) is 0 Å². The standard InChI is InChI=1S/2C10H16.H2S2/c2*1-8(2)10-6-4-9(3)5-7-10;1-2/h2*4,10H,1,5-7H2,2-3H3;1-2H. The van der Waals surface area contributed by atoms with Crippen molar-refractivity contribution in [3.05, 3.63) is 47.6 Å². The largest absolute Gasteiger partial charge is 0.115 e. The first kappa shape index (κ1) is 21.7. The van der Waals surface area contributed by atoms with E-state index in [4.69, 9.17) is 0 Å². The lowest BCUT2D eigenvalue weighted by Gasteiger charge is -2.19. The van der Waals surface area contributed by atoms with E-state index < -0.39 is 0 Å². The van der Waals surface area contributed by atoms with Gasteiger partial charge in [-0.2, -0.15) is 0 Å². The van der Waals surface area contributed by atoms with Gasteiger partial charge in [0.05, 0.1) is 0 Å². The summed E-state index contributed by atoms with van der Waals surface area (Å²) in [6.45, 7) is 16.7. The molecule has 0 saturated carbocycles. The molecule has 0 heterocycles. The van der Waals surface area contributed by atoms with E-state index in [1.54, 1.807) is 11.1 Å². The molecule has 22 heavy (non-hydrogen) atoms. The quantitative estimate of drug-likeness (QED) is 0.293. The van der Waals surface area contributed by atoms with Crippen LogP contribution in [0.25, 0.3) is 0 Å². The Hall–Kier alpha value is -0.340. The van der Waals surface area contributed by atoms with Crippen molar-refractivity contribution < 1.29 is 0 Å². The van der Waals surface area contributed by atoms with Crippen LogP contribution in [0.1, 0.15) is 66.2 Å². The molecule has 0 N–H and O–H groups in total. The first-order valence-corrected chi connectivity index (χ1v) is 9.82. The van der Waals surface area contributed by atoms with Gasteiger partial charge >= 0.3 is 0 Å². The highest BCUT2D eigenvalue weighted by molar-refractivity contribution is 8.59. The molecule has 0 fully saturated rings. The van der Waals surface area contributed by atoms with E-state index >= 15 is 0 Å². The molecule has 0 aromatic carbocycles. The molecular formula is C20H34S2. The highest BCUT2D eigenvalue weighted by atomic mass is 33.1. The summed E-state index contributed by atoms with van der Waals surface area (Å²) in [5, 5.41) is 0. The molecule has 0 amide bonds. The normalized spacial score (nSPS) is 23.7. The molecule has 2 aliphatic carbocycles. The molecule has 0 nitrogen and oxygen atoms in total. The third-order valence-corrected chi connectivity index (χ3v) is 4.67. The zero-order chi connectivity index (χ0) is 17.1. The van der Waals surface area contributed by atoms with Crippen molar-refractivity contribution in [2.45, 2.75) is 66.2 Å². The second kappa shape index (κ2) is 12.1. The third kappa shape index (κ3) is 8.95. The van der Waals surface area contributed by atoms with Crippen molar-refractivity contribution in [3.63, 3.8) is 0 Å². The average molecular weight is 339 g/mol. The fourth-order valence-corrected chi connectivity index (χ4v) is 2.83. The molecule has 0 spiro atoms. The summed E-state index contributed by atoms with van der Waals surface area (Å²) >= 11 is 6.44. The fraction of sp³-hybridized carbons (Fsp3) is 0.600. The first-order valence-electron chi connectivity index (χ1n) is 8.22. The van der Waals surface area contributed by atoms with Crippen molar-refractivity contribution in [2.75, 3.05) is 0 Å². The molecule has 2 rings (SSSR count). The van der Waals surface area contributed by atoms with Gasteiger partial charge in [0.1, 0.15) is 0 Å². The van der Waals surface area contributed by atoms with E-state index in [0.717, 1.165) is 11.8 Å². The number of thiol groups is 2. The van der Waals surface area contributed by atoms with Gasteiger partial charge in [-0.15, -0.1) is 23.3 Å². The van der Waals surface area contributed by atoms with E-state index in [2.05, 4.69) is 76.3 Å². The maximum absolute atomic E-state index is 3.97. The molecule has 0 saturated heterocycles. The minimum Gasteiger partial charge on any atom is -0.115 e. The Morgan fingerprint density at radius 2 is 1.18 bits per heavy atom. The van der Waals surface area contributed by atoms with Gasteiger partial charge in [-0.3, -0.25) is 0 Å². The van der Waals surface area contributed by atoms with Gasteiger partial charge in [0.25, 0.3) is 0 Å². The Balaban J connectivity index is 0.000000360. The third-order valence-electron chi connectivity index (χ3n) is 4.67. The molecule has 2 unspecified atom stereocenters. The molecule has 0 radical (unpaired) electrons. The summed E-state index contributed by atoms with van der Waals surface area (Å²) in [6, 6.07) is 0. The molecule has 0 aromatic heterocycles. The van der Waals surface area contributed by atoms with Crippen molar-refractivity contribution >= 4 is 23.3 Å². The maximum atomic E-state index is 3.97. The molecule has 126 valence electrons. The lowest BCUT2D eigenvalue weighted by Crippen LogP contribution is -2.04. The molecule has 2 heteroatoms. The van der Waals surface area contributed by atoms with E-state index in [-0.39, 0.29) is 0 Å². The molecule has 2 atom stereocenters. The van der Waals surface area contributed by atoms with Crippen LogP contribution in [-0.4, -0.2) is 0 Å². The molecule has 0 aromatic rings. The van der Waals surface area contributed by atoms with Crippen molar-refractivity contribution in [2.24, 2.45) is 11.8 Å². The van der Waals surface area contributed by atoms with Crippen molar-refractivity contribution in [3.8, 4) is 0 Å². The van der Waals surface area contributed by atoms with E-state index in [1.807, 2.05) is 0 Å². The monoisotopic (exact) mass is 338 g/mol. The van der Waals surface area contributed by atoms with Gasteiger partial charge < -0.3 is 0 Å². The topological polar surface area (TPSA) is 0 Å². The maximum Gasteiger partial charge on any atom is -0.0171 e. The first-order chi connectivity index (χ1) is 10.4. The minimum atomic E-state index is 0.767. The van der Waals surface area contributed by atoms with Crippen LogP contribution in [0, 0.1) is 11.8 Å². The van der Waals surface area contributed by atoms with Gasteiger partial charge in [0.2, 0.25) is 0 Å². The summed E-state index contributed by atoms with van der Waals surface area (Å²) in [7, 11) is 0. The second-order valence-electron chi connectivity index (χ2n) is 6.74. The Kier molecular flexibility index (Phi) is 11.9. The number of hydrogen-bond acceptors (Lipinski definition) is 2. The van der Waals surface area contributed by atoms with Gasteiger partial charge in [-0.05, 0) is 78.1 Å².